The number of nitrogens with zero attached hydrogens (tertiary/aromatic N) is 3. The molecule has 29 heavy (non-hydrogen) atoms. The number of rotatable bonds is 3. The number of aliphatic hydroxyl groups is 1. The molecule has 1 heterocycles. The number of Topliss-reactive ketones (excluding diaryl/α,β-unsaturated/α-hetero) is 1. The van der Waals surface area contributed by atoms with Crippen molar-refractivity contribution in [3.05, 3.63) is 47.2 Å². The van der Waals surface area contributed by atoms with Gasteiger partial charge in [-0.3, -0.25) is 4.79 Å². The minimum atomic E-state index is -0.220. The fraction of sp³-hybridized carbons (Fsp3) is 0.435. The predicted molar refractivity (Wildman–Crippen MR) is 114 cm³/mol. The van der Waals surface area contributed by atoms with Crippen LogP contribution < -0.4 is 10.3 Å². The van der Waals surface area contributed by atoms with Crippen molar-refractivity contribution in [1.82, 2.24) is 0 Å². The van der Waals surface area contributed by atoms with Gasteiger partial charge < -0.3 is 10.4 Å². The molecule has 0 radical (unpaired) electrons. The first kappa shape index (κ1) is 19.4. The van der Waals surface area contributed by atoms with Gasteiger partial charge >= 0.3 is 0 Å². The first-order valence-corrected chi connectivity index (χ1v) is 10.2. The zero-order chi connectivity index (χ0) is 20.5. The van der Waals surface area contributed by atoms with Gasteiger partial charge in [-0.05, 0) is 50.8 Å². The maximum atomic E-state index is 12.5. The van der Waals surface area contributed by atoms with Crippen LogP contribution in [0, 0.1) is 11.3 Å². The quantitative estimate of drug-likeness (QED) is 0.761. The number of nitriles is 1. The summed E-state index contributed by atoms with van der Waals surface area (Å²) in [6.07, 6.45) is 4.72. The van der Waals surface area contributed by atoms with Gasteiger partial charge in [0.2, 0.25) is 0 Å². The van der Waals surface area contributed by atoms with Gasteiger partial charge in [0.05, 0.1) is 28.7 Å². The molecular formula is C23H26N4O2. The van der Waals surface area contributed by atoms with Crippen LogP contribution in [0.1, 0.15) is 57.4 Å². The molecule has 4 rings (SSSR count). The number of benzene rings is 1. The monoisotopic (exact) mass is 390 g/mol. The van der Waals surface area contributed by atoms with Gasteiger partial charge in [0.15, 0.2) is 5.78 Å². The van der Waals surface area contributed by atoms with Crippen molar-refractivity contribution >= 4 is 22.9 Å². The number of carbonyl (C=O) groups is 1. The van der Waals surface area contributed by atoms with Crippen LogP contribution >= 0.6 is 0 Å². The summed E-state index contributed by atoms with van der Waals surface area (Å²) in [5.74, 6) is 0.128. The van der Waals surface area contributed by atoms with E-state index in [2.05, 4.69) is 18.0 Å². The van der Waals surface area contributed by atoms with E-state index in [1.165, 1.54) is 0 Å². The summed E-state index contributed by atoms with van der Waals surface area (Å²) in [4.78, 5) is 12.5. The van der Waals surface area contributed by atoms with Gasteiger partial charge in [0.1, 0.15) is 6.07 Å². The van der Waals surface area contributed by atoms with Crippen LogP contribution in [0.5, 0.6) is 0 Å². The molecule has 1 saturated carbocycles. The maximum absolute atomic E-state index is 12.5. The van der Waals surface area contributed by atoms with Crippen LogP contribution in [0.3, 0.4) is 0 Å². The zero-order valence-electron chi connectivity index (χ0n) is 16.7. The number of hydrazone groups is 1. The molecule has 150 valence electrons. The lowest BCUT2D eigenvalue weighted by Crippen LogP contribution is -2.31. The molecule has 6 heteroatoms. The molecule has 0 saturated heterocycles. The number of nitrogens with one attached hydrogen (secondary N) is 1. The molecule has 1 aromatic rings. The Morgan fingerprint density at radius 2 is 2.00 bits per heavy atom. The third-order valence-electron chi connectivity index (χ3n) is 5.90. The lowest BCUT2D eigenvalue weighted by Gasteiger charge is -2.33. The Hall–Kier alpha value is -2.91. The second kappa shape index (κ2) is 7.84. The molecule has 1 aromatic carbocycles. The van der Waals surface area contributed by atoms with Gasteiger partial charge in [0, 0.05) is 36.6 Å². The smallest absolute Gasteiger partial charge is 0.165 e. The van der Waals surface area contributed by atoms with E-state index in [0.717, 1.165) is 59.6 Å². The number of aliphatic hydroxyl groups excluding tert-OH is 1. The Labute approximate surface area is 171 Å². The molecule has 0 spiro atoms. The van der Waals surface area contributed by atoms with Gasteiger partial charge in [-0.2, -0.15) is 10.4 Å². The molecule has 0 amide bonds. The Morgan fingerprint density at radius 1 is 1.24 bits per heavy atom. The average molecular weight is 390 g/mol. The van der Waals surface area contributed by atoms with E-state index in [0.29, 0.717) is 24.8 Å². The Balaban J connectivity index is 1.67. The highest BCUT2D eigenvalue weighted by molar-refractivity contribution is 6.05. The van der Waals surface area contributed by atoms with E-state index in [1.807, 2.05) is 24.1 Å². The molecule has 1 fully saturated rings. The summed E-state index contributed by atoms with van der Waals surface area (Å²) in [5, 5.41) is 29.3. The van der Waals surface area contributed by atoms with Crippen LogP contribution in [0.4, 0.5) is 11.4 Å². The molecular weight excluding hydrogens is 364 g/mol. The molecule has 0 bridgehead atoms. The van der Waals surface area contributed by atoms with Gasteiger partial charge in [-0.1, -0.05) is 12.2 Å². The highest BCUT2D eigenvalue weighted by Crippen LogP contribution is 2.37. The maximum Gasteiger partial charge on any atom is 0.165 e. The van der Waals surface area contributed by atoms with E-state index >= 15 is 0 Å². The van der Waals surface area contributed by atoms with Crippen LogP contribution in [-0.4, -0.2) is 28.7 Å². The van der Waals surface area contributed by atoms with Gasteiger partial charge in [-0.25, -0.2) is 5.01 Å². The molecule has 0 atom stereocenters. The number of ketones is 1. The van der Waals surface area contributed by atoms with Crippen LogP contribution in [0.15, 0.2) is 46.7 Å². The Kier molecular flexibility index (Phi) is 5.25. The summed E-state index contributed by atoms with van der Waals surface area (Å²) in [5.41, 5.74) is 5.70. The van der Waals surface area contributed by atoms with Crippen molar-refractivity contribution in [1.29, 1.82) is 5.26 Å². The number of anilines is 2. The third-order valence-corrected chi connectivity index (χ3v) is 5.90. The van der Waals surface area contributed by atoms with Gasteiger partial charge in [-0.15, -0.1) is 0 Å². The normalized spacial score (nSPS) is 24.7. The second-order valence-corrected chi connectivity index (χ2v) is 8.27. The fourth-order valence-electron chi connectivity index (χ4n) is 4.36. The highest BCUT2D eigenvalue weighted by Gasteiger charge is 2.31. The van der Waals surface area contributed by atoms with Crippen molar-refractivity contribution in [3.63, 3.8) is 0 Å². The molecule has 2 aliphatic carbocycles. The molecule has 3 aliphatic rings. The minimum absolute atomic E-state index is 0.128. The van der Waals surface area contributed by atoms with Gasteiger partial charge in [0.25, 0.3) is 0 Å². The van der Waals surface area contributed by atoms with E-state index in [4.69, 9.17) is 5.10 Å². The number of hydrogen-bond acceptors (Lipinski definition) is 6. The molecule has 1 aliphatic heterocycles. The average Bonchev–Trinajstić information content (AvgIpc) is 2.70. The number of hydrogen-bond donors (Lipinski definition) is 2. The summed E-state index contributed by atoms with van der Waals surface area (Å²) in [6, 6.07) is 8.11. The van der Waals surface area contributed by atoms with E-state index in [1.54, 1.807) is 6.07 Å². The number of allylic oxidation sites excluding steroid dienone is 2. The van der Waals surface area contributed by atoms with Crippen LogP contribution in [0.2, 0.25) is 0 Å². The summed E-state index contributed by atoms with van der Waals surface area (Å²) >= 11 is 0. The van der Waals surface area contributed by atoms with Crippen molar-refractivity contribution in [3.8, 4) is 6.07 Å². The third kappa shape index (κ3) is 3.96. The largest absolute Gasteiger partial charge is 0.393 e. The standard InChI is InChI=1S/C23H26N4O2/c1-14-9-22-20(23(29)10-14)11-15(2)26-27(22)18-6-3-16(13-24)21(12-18)25-17-4-7-19(28)8-5-17/h3,6,12,17,19,25,28H,1,4-5,7-11H2,2H3. The summed E-state index contributed by atoms with van der Waals surface area (Å²) < 4.78 is 0. The van der Waals surface area contributed by atoms with Crippen molar-refractivity contribution < 1.29 is 9.90 Å². The zero-order valence-corrected chi connectivity index (χ0v) is 16.7. The first-order chi connectivity index (χ1) is 13.9. The topological polar surface area (TPSA) is 88.7 Å². The molecule has 6 nitrogen and oxygen atoms in total. The van der Waals surface area contributed by atoms with Crippen molar-refractivity contribution in [2.45, 2.75) is 64.0 Å². The van der Waals surface area contributed by atoms with Crippen LogP contribution in [-0.2, 0) is 4.79 Å². The lowest BCUT2D eigenvalue weighted by atomic mass is 9.87. The van der Waals surface area contributed by atoms with E-state index in [-0.39, 0.29) is 17.9 Å². The Morgan fingerprint density at radius 3 is 2.72 bits per heavy atom. The molecule has 2 N–H and O–H groups in total. The molecule has 0 unspecified atom stereocenters. The highest BCUT2D eigenvalue weighted by atomic mass is 16.3. The molecule has 0 aromatic heterocycles. The first-order valence-electron chi connectivity index (χ1n) is 10.2. The fourth-order valence-corrected chi connectivity index (χ4v) is 4.36. The SMILES string of the molecule is C=C1CC(=O)C2=C(C1)N(c1ccc(C#N)c(NC3CCC(O)CC3)c1)N=C(C)C2. The van der Waals surface area contributed by atoms with Crippen molar-refractivity contribution in [2.75, 3.05) is 10.3 Å². The van der Waals surface area contributed by atoms with E-state index in [9.17, 15) is 15.2 Å². The van der Waals surface area contributed by atoms with E-state index < -0.39 is 0 Å². The second-order valence-electron chi connectivity index (χ2n) is 8.27. The lowest BCUT2D eigenvalue weighted by molar-refractivity contribution is -0.115. The summed E-state index contributed by atoms with van der Waals surface area (Å²) in [6.45, 7) is 5.96. The summed E-state index contributed by atoms with van der Waals surface area (Å²) in [7, 11) is 0. The predicted octanol–water partition coefficient (Wildman–Crippen LogP) is 4.03. The van der Waals surface area contributed by atoms with Crippen molar-refractivity contribution in [2.24, 2.45) is 5.10 Å². The minimum Gasteiger partial charge on any atom is -0.393 e. The number of carbonyl (C=O) groups excluding carboxylic acids is 1. The van der Waals surface area contributed by atoms with Crippen LogP contribution in [0.25, 0.3) is 0 Å². The Bertz CT molecular complexity index is 962.